The van der Waals surface area contributed by atoms with Crippen molar-refractivity contribution in [2.45, 2.75) is 50.0 Å². The summed E-state index contributed by atoms with van der Waals surface area (Å²) in [7, 11) is 0. The molecule has 0 aliphatic carbocycles. The summed E-state index contributed by atoms with van der Waals surface area (Å²) in [6.07, 6.45) is -2.84. The van der Waals surface area contributed by atoms with E-state index in [4.69, 9.17) is 9.84 Å². The van der Waals surface area contributed by atoms with Gasteiger partial charge in [-0.2, -0.15) is 0 Å². The number of rotatable bonds is 1. The van der Waals surface area contributed by atoms with Crippen molar-refractivity contribution in [2.24, 2.45) is 0 Å². The summed E-state index contributed by atoms with van der Waals surface area (Å²) in [5, 5.41) is 48.3. The van der Waals surface area contributed by atoms with E-state index in [1.54, 1.807) is 0 Å². The lowest BCUT2D eigenvalue weighted by atomic mass is 9.68. The fourth-order valence-electron chi connectivity index (χ4n) is 1.71. The molecule has 1 heterocycles. The molecule has 1 rings (SSSR count). The molecule has 1 aliphatic rings. The first-order valence-electron chi connectivity index (χ1n) is 4.70. The Morgan fingerprint density at radius 1 is 1.07 bits per heavy atom. The average Bonchev–Trinajstić information content (AvgIpc) is 2.10. The van der Waals surface area contributed by atoms with Crippen molar-refractivity contribution in [1.82, 2.24) is 0 Å². The zero-order valence-electron chi connectivity index (χ0n) is 9.01. The second kappa shape index (κ2) is 3.38. The molecule has 0 aromatic carbocycles. The van der Waals surface area contributed by atoms with Crippen LogP contribution in [0, 0.1) is 0 Å². The molecule has 5 N–H and O–H groups in total. The van der Waals surface area contributed by atoms with E-state index in [2.05, 4.69) is 0 Å². The molecule has 0 saturated carbocycles. The molecular weight excluding hydrogens is 204 g/mol. The highest BCUT2D eigenvalue weighted by atomic mass is 16.6. The lowest BCUT2D eigenvalue weighted by molar-refractivity contribution is -0.382. The molecule has 0 aromatic rings. The van der Waals surface area contributed by atoms with Gasteiger partial charge in [0, 0.05) is 0 Å². The van der Waals surface area contributed by atoms with E-state index in [1.165, 1.54) is 13.8 Å². The van der Waals surface area contributed by atoms with Crippen LogP contribution in [0.4, 0.5) is 0 Å². The van der Waals surface area contributed by atoms with E-state index < -0.39 is 35.8 Å². The van der Waals surface area contributed by atoms with Crippen molar-refractivity contribution in [3.8, 4) is 0 Å². The lowest BCUT2D eigenvalue weighted by Crippen LogP contribution is -2.77. The lowest BCUT2D eigenvalue weighted by Gasteiger charge is -2.56. The van der Waals surface area contributed by atoms with Crippen LogP contribution < -0.4 is 0 Å². The monoisotopic (exact) mass is 222 g/mol. The maximum absolute atomic E-state index is 10.1. The quantitative estimate of drug-likeness (QED) is 0.349. The molecule has 0 aromatic heterocycles. The predicted octanol–water partition coefficient (Wildman–Crippen LogP) is -2.05. The molecule has 6 nitrogen and oxygen atoms in total. The van der Waals surface area contributed by atoms with Gasteiger partial charge in [0.25, 0.3) is 0 Å². The highest BCUT2D eigenvalue weighted by Crippen LogP contribution is 2.43. The molecule has 1 aliphatic heterocycles. The average molecular weight is 222 g/mol. The summed E-state index contributed by atoms with van der Waals surface area (Å²) >= 11 is 0. The third kappa shape index (κ3) is 1.49. The predicted molar refractivity (Wildman–Crippen MR) is 49.8 cm³/mol. The van der Waals surface area contributed by atoms with Gasteiger partial charge in [-0.1, -0.05) is 0 Å². The summed E-state index contributed by atoms with van der Waals surface area (Å²) in [6, 6.07) is 0. The molecule has 90 valence electrons. The van der Waals surface area contributed by atoms with Crippen LogP contribution in [0.5, 0.6) is 0 Å². The molecular formula is C9H18O6. The first kappa shape index (κ1) is 12.8. The van der Waals surface area contributed by atoms with E-state index in [1.807, 2.05) is 0 Å². The summed E-state index contributed by atoms with van der Waals surface area (Å²) in [4.78, 5) is 0. The van der Waals surface area contributed by atoms with Crippen LogP contribution in [0.2, 0.25) is 0 Å². The Morgan fingerprint density at radius 3 is 1.93 bits per heavy atom. The van der Waals surface area contributed by atoms with Gasteiger partial charge in [0.1, 0.15) is 22.9 Å². The second-order valence-corrected chi connectivity index (χ2v) is 4.53. The summed E-state index contributed by atoms with van der Waals surface area (Å²) in [5.74, 6) is 0. The fraction of sp³-hybridized carbons (Fsp3) is 1.00. The Bertz CT molecular complexity index is 247. The van der Waals surface area contributed by atoms with Gasteiger partial charge in [0.2, 0.25) is 0 Å². The normalized spacial score (nSPS) is 56.8. The zero-order chi connectivity index (χ0) is 12.1. The molecule has 6 heteroatoms. The second-order valence-electron chi connectivity index (χ2n) is 4.53. The molecule has 0 amide bonds. The van der Waals surface area contributed by atoms with Gasteiger partial charge in [0.15, 0.2) is 6.29 Å². The van der Waals surface area contributed by atoms with Crippen LogP contribution in [0.25, 0.3) is 0 Å². The van der Waals surface area contributed by atoms with Crippen molar-refractivity contribution in [3.05, 3.63) is 0 Å². The summed E-state index contributed by atoms with van der Waals surface area (Å²) < 4.78 is 4.85. The SMILES string of the molecule is C[C@@]1(O)[C@@](C)(O)[C@@H](O)O[C@H](CO)[C@@]1(C)O. The van der Waals surface area contributed by atoms with E-state index in [0.29, 0.717) is 0 Å². The Labute approximate surface area is 87.7 Å². The molecule has 0 radical (unpaired) electrons. The van der Waals surface area contributed by atoms with Crippen LogP contribution in [-0.2, 0) is 4.74 Å². The number of hydrogen-bond acceptors (Lipinski definition) is 6. The molecule has 1 saturated heterocycles. The zero-order valence-corrected chi connectivity index (χ0v) is 9.01. The Balaban J connectivity index is 3.16. The van der Waals surface area contributed by atoms with Gasteiger partial charge < -0.3 is 30.3 Å². The number of aliphatic hydroxyl groups is 5. The smallest absolute Gasteiger partial charge is 0.187 e. The molecule has 5 atom stereocenters. The molecule has 1 fully saturated rings. The van der Waals surface area contributed by atoms with Crippen LogP contribution in [0.1, 0.15) is 20.8 Å². The van der Waals surface area contributed by atoms with Gasteiger partial charge in [0.05, 0.1) is 6.61 Å². The van der Waals surface area contributed by atoms with Gasteiger partial charge in [-0.3, -0.25) is 0 Å². The number of ether oxygens (including phenoxy) is 1. The Hall–Kier alpha value is -0.240. The largest absolute Gasteiger partial charge is 0.394 e. The minimum atomic E-state index is -2.03. The van der Waals surface area contributed by atoms with Crippen LogP contribution in [0.3, 0.4) is 0 Å². The van der Waals surface area contributed by atoms with Crippen molar-refractivity contribution < 1.29 is 30.3 Å². The van der Waals surface area contributed by atoms with Crippen molar-refractivity contribution >= 4 is 0 Å². The van der Waals surface area contributed by atoms with Crippen molar-refractivity contribution in [2.75, 3.05) is 6.61 Å². The first-order chi connectivity index (χ1) is 6.59. The van der Waals surface area contributed by atoms with Gasteiger partial charge in [-0.25, -0.2) is 0 Å². The Kier molecular flexibility index (Phi) is 2.89. The van der Waals surface area contributed by atoms with Gasteiger partial charge >= 0.3 is 0 Å². The van der Waals surface area contributed by atoms with E-state index in [9.17, 15) is 20.4 Å². The summed E-state index contributed by atoms with van der Waals surface area (Å²) in [5.41, 5.74) is -5.91. The molecule has 15 heavy (non-hydrogen) atoms. The standard InChI is InChI=1S/C9H18O6/c1-7(12)5(4-10)15-6(11)8(2,13)9(7,3)14/h5-6,10-14H,4H2,1-3H3/t5-,6+,7-,8+,9+/m1/s1. The highest BCUT2D eigenvalue weighted by molar-refractivity contribution is 5.13. The minimum Gasteiger partial charge on any atom is -0.394 e. The minimum absolute atomic E-state index is 0.573. The van der Waals surface area contributed by atoms with Crippen LogP contribution in [0.15, 0.2) is 0 Å². The maximum Gasteiger partial charge on any atom is 0.187 e. The maximum atomic E-state index is 10.1. The molecule has 0 spiro atoms. The van der Waals surface area contributed by atoms with E-state index in [0.717, 1.165) is 6.92 Å². The topological polar surface area (TPSA) is 110 Å². The van der Waals surface area contributed by atoms with Gasteiger partial charge in [-0.05, 0) is 20.8 Å². The van der Waals surface area contributed by atoms with Crippen molar-refractivity contribution in [1.29, 1.82) is 0 Å². The third-order valence-electron chi connectivity index (χ3n) is 3.54. The molecule has 0 unspecified atom stereocenters. The van der Waals surface area contributed by atoms with Gasteiger partial charge in [-0.15, -0.1) is 0 Å². The van der Waals surface area contributed by atoms with Crippen LogP contribution >= 0.6 is 0 Å². The molecule has 0 bridgehead atoms. The van der Waals surface area contributed by atoms with Crippen LogP contribution in [-0.4, -0.2) is 61.3 Å². The number of aliphatic hydroxyl groups excluding tert-OH is 2. The number of hydrogen-bond donors (Lipinski definition) is 5. The fourth-order valence-corrected chi connectivity index (χ4v) is 1.71. The highest BCUT2D eigenvalue weighted by Gasteiger charge is 2.65. The van der Waals surface area contributed by atoms with Crippen molar-refractivity contribution in [3.63, 3.8) is 0 Å². The third-order valence-corrected chi connectivity index (χ3v) is 3.54. The van der Waals surface area contributed by atoms with E-state index >= 15 is 0 Å². The summed E-state index contributed by atoms with van der Waals surface area (Å²) in [6.45, 7) is 2.99. The van der Waals surface area contributed by atoms with E-state index in [-0.39, 0.29) is 0 Å². The Morgan fingerprint density at radius 2 is 1.53 bits per heavy atom. The first-order valence-corrected chi connectivity index (χ1v) is 4.70.